The molecule has 9 N–H and O–H groups in total. The molecule has 0 aromatic heterocycles. The Balaban J connectivity index is 0.972. The predicted octanol–water partition coefficient (Wildman–Crippen LogP) is 0.970. The summed E-state index contributed by atoms with van der Waals surface area (Å²) < 4.78 is 31.0. The third-order valence-corrected chi connectivity index (χ3v) is 18.2. The molecule has 0 amide bonds. The van der Waals surface area contributed by atoms with E-state index in [0.717, 1.165) is 44.9 Å². The molecule has 1 unspecified atom stereocenters. The van der Waals surface area contributed by atoms with Crippen molar-refractivity contribution >= 4 is 0 Å². The minimum absolute atomic E-state index is 0.00741. The standard InChI is InChI=1S/C42H70O14/c1-19(21-14-27(38(4,5)56-21)55-36-34(51)32(49)30(47)23(17-44)53-36)28-20(45)15-40(7)25-9-8-24-37(2,3)26(54-35-33(50)31(48)29(46)22(16-43)52-35)10-11-41(24)18-42(25,41)13-12-39(28,40)6/h19-36,43-51H,8-18H2,1-7H3/t19-,20+,21-,22-,23-,24?,25+,26+,27+,28+,29-,30-,31+,32+,33-,34-,35+,36+,39-,40+,41-,42+/m1/s1. The number of hydrogen-bond donors (Lipinski definition) is 9. The maximum absolute atomic E-state index is 12.2. The van der Waals surface area contributed by atoms with Crippen LogP contribution in [0.25, 0.3) is 0 Å². The van der Waals surface area contributed by atoms with Crippen LogP contribution >= 0.6 is 0 Å². The zero-order valence-corrected chi connectivity index (χ0v) is 34.2. The normalized spacial score (nSPS) is 57.8. The van der Waals surface area contributed by atoms with Crippen LogP contribution in [0.5, 0.6) is 0 Å². The highest BCUT2D eigenvalue weighted by Crippen LogP contribution is 2.89. The van der Waals surface area contributed by atoms with Gasteiger partial charge in [0.2, 0.25) is 0 Å². The van der Waals surface area contributed by atoms with E-state index < -0.39 is 92.4 Å². The molecule has 5 saturated carbocycles. The van der Waals surface area contributed by atoms with Crippen molar-refractivity contribution < 1.29 is 69.6 Å². The van der Waals surface area contributed by atoms with Gasteiger partial charge in [-0.05, 0) is 116 Å². The Morgan fingerprint density at radius 3 is 1.73 bits per heavy atom. The van der Waals surface area contributed by atoms with E-state index in [-0.39, 0.29) is 51.1 Å². The van der Waals surface area contributed by atoms with Gasteiger partial charge >= 0.3 is 0 Å². The molecule has 322 valence electrons. The number of aliphatic hydroxyl groups is 9. The molecule has 14 nitrogen and oxygen atoms in total. The molecule has 3 heterocycles. The van der Waals surface area contributed by atoms with Gasteiger partial charge in [0.05, 0.1) is 43.2 Å². The van der Waals surface area contributed by atoms with Crippen molar-refractivity contribution in [1.82, 2.24) is 0 Å². The highest BCUT2D eigenvalue weighted by molar-refractivity contribution is 5.31. The highest BCUT2D eigenvalue weighted by Gasteiger charge is 2.83. The molecule has 3 aliphatic heterocycles. The Kier molecular flexibility index (Phi) is 10.5. The van der Waals surface area contributed by atoms with E-state index in [1.807, 2.05) is 13.8 Å². The zero-order valence-electron chi connectivity index (χ0n) is 34.2. The van der Waals surface area contributed by atoms with Gasteiger partial charge in [-0.2, -0.15) is 0 Å². The lowest BCUT2D eigenvalue weighted by molar-refractivity contribution is -0.326. The van der Waals surface area contributed by atoms with E-state index in [4.69, 9.17) is 23.7 Å². The first kappa shape index (κ1) is 42.1. The summed E-state index contributed by atoms with van der Waals surface area (Å²) in [5, 5.41) is 94.5. The summed E-state index contributed by atoms with van der Waals surface area (Å²) in [6.07, 6.45) is -6.39. The maximum Gasteiger partial charge on any atom is 0.187 e. The Morgan fingerprint density at radius 1 is 0.625 bits per heavy atom. The lowest BCUT2D eigenvalue weighted by Crippen LogP contribution is -2.62. The van der Waals surface area contributed by atoms with Crippen LogP contribution in [0.15, 0.2) is 0 Å². The van der Waals surface area contributed by atoms with Crippen LogP contribution in [0.1, 0.15) is 106 Å². The molecule has 0 aromatic rings. The summed E-state index contributed by atoms with van der Waals surface area (Å²) in [6.45, 7) is 14.4. The second-order valence-electron chi connectivity index (χ2n) is 21.2. The summed E-state index contributed by atoms with van der Waals surface area (Å²) in [5.74, 6) is 0.826. The van der Waals surface area contributed by atoms with Gasteiger partial charge in [0.15, 0.2) is 12.6 Å². The zero-order chi connectivity index (χ0) is 40.7. The largest absolute Gasteiger partial charge is 0.394 e. The molecular weight excluding hydrogens is 728 g/mol. The third kappa shape index (κ3) is 5.78. The molecule has 2 spiro atoms. The van der Waals surface area contributed by atoms with Crippen molar-refractivity contribution in [3.8, 4) is 0 Å². The van der Waals surface area contributed by atoms with Gasteiger partial charge in [0.25, 0.3) is 0 Å². The highest BCUT2D eigenvalue weighted by atomic mass is 16.7. The fraction of sp³-hybridized carbons (Fsp3) is 1.00. The number of aliphatic hydroxyl groups excluding tert-OH is 9. The van der Waals surface area contributed by atoms with Crippen LogP contribution in [0, 0.1) is 50.7 Å². The Bertz CT molecular complexity index is 1460. The fourth-order valence-corrected chi connectivity index (χ4v) is 15.1. The summed E-state index contributed by atoms with van der Waals surface area (Å²) in [6, 6.07) is 0. The molecular formula is C42H70O14. The van der Waals surface area contributed by atoms with E-state index in [1.165, 1.54) is 6.42 Å². The Morgan fingerprint density at radius 2 is 1.16 bits per heavy atom. The molecule has 8 rings (SSSR count). The van der Waals surface area contributed by atoms with Crippen molar-refractivity contribution in [3.05, 3.63) is 0 Å². The molecule has 14 heteroatoms. The second-order valence-corrected chi connectivity index (χ2v) is 21.2. The topological polar surface area (TPSA) is 228 Å². The van der Waals surface area contributed by atoms with Gasteiger partial charge in [-0.25, -0.2) is 0 Å². The first-order valence-corrected chi connectivity index (χ1v) is 21.4. The molecule has 8 fully saturated rings. The molecule has 0 radical (unpaired) electrons. The number of rotatable bonds is 8. The van der Waals surface area contributed by atoms with Crippen LogP contribution in [-0.2, 0) is 23.7 Å². The number of ether oxygens (including phenoxy) is 5. The van der Waals surface area contributed by atoms with Gasteiger partial charge in [0, 0.05) is 6.42 Å². The van der Waals surface area contributed by atoms with Gasteiger partial charge in [-0.1, -0.05) is 34.6 Å². The van der Waals surface area contributed by atoms with Crippen LogP contribution in [0.4, 0.5) is 0 Å². The second kappa shape index (κ2) is 14.0. The molecule has 22 atom stereocenters. The summed E-state index contributed by atoms with van der Waals surface area (Å²) in [7, 11) is 0. The van der Waals surface area contributed by atoms with E-state index >= 15 is 0 Å². The first-order chi connectivity index (χ1) is 26.1. The molecule has 0 bridgehead atoms. The van der Waals surface area contributed by atoms with Crippen LogP contribution < -0.4 is 0 Å². The van der Waals surface area contributed by atoms with E-state index in [1.54, 1.807) is 0 Å². The molecule has 5 aliphatic carbocycles. The SMILES string of the molecule is C[C@@H]([C@H]1[C@@H](O)C[C@@]2(C)[C@@H]3CCC4C(C)(C)[C@@H](O[C@@H]5O[C@H](CO)[C@@H](O)[C@H](O)[C@H]5O)CC[C@@]45C[C@@]35CC[C@]12C)[C@H]1C[C@H](O[C@@H]2O[C@H](CO)[C@@H](O)[C@H](O)[C@H]2O)C(C)(C)O1. The quantitative estimate of drug-likeness (QED) is 0.156. The molecule has 56 heavy (non-hydrogen) atoms. The van der Waals surface area contributed by atoms with Gasteiger partial charge in [0.1, 0.15) is 48.8 Å². The van der Waals surface area contributed by atoms with Crippen molar-refractivity contribution in [3.63, 3.8) is 0 Å². The minimum atomic E-state index is -1.53. The van der Waals surface area contributed by atoms with Crippen molar-refractivity contribution in [2.24, 2.45) is 50.7 Å². The van der Waals surface area contributed by atoms with E-state index in [2.05, 4.69) is 34.6 Å². The minimum Gasteiger partial charge on any atom is -0.394 e. The average Bonchev–Trinajstić information content (AvgIpc) is 3.63. The monoisotopic (exact) mass is 798 g/mol. The van der Waals surface area contributed by atoms with Crippen molar-refractivity contribution in [1.29, 1.82) is 0 Å². The van der Waals surface area contributed by atoms with Crippen LogP contribution in [0.3, 0.4) is 0 Å². The number of hydrogen-bond acceptors (Lipinski definition) is 14. The van der Waals surface area contributed by atoms with E-state index in [0.29, 0.717) is 18.3 Å². The molecule has 8 aliphatic rings. The average molecular weight is 799 g/mol. The lowest BCUT2D eigenvalue weighted by atomic mass is 9.41. The lowest BCUT2D eigenvalue weighted by Gasteiger charge is -2.63. The summed E-state index contributed by atoms with van der Waals surface area (Å²) >= 11 is 0. The summed E-state index contributed by atoms with van der Waals surface area (Å²) in [5.41, 5.74) is -0.891. The van der Waals surface area contributed by atoms with Gasteiger partial charge in [-0.15, -0.1) is 0 Å². The first-order valence-electron chi connectivity index (χ1n) is 21.4. The number of fused-ring (bicyclic) bond motifs is 2. The van der Waals surface area contributed by atoms with Gasteiger partial charge < -0.3 is 69.6 Å². The third-order valence-electron chi connectivity index (χ3n) is 18.2. The predicted molar refractivity (Wildman–Crippen MR) is 198 cm³/mol. The van der Waals surface area contributed by atoms with Crippen molar-refractivity contribution in [2.75, 3.05) is 13.2 Å². The van der Waals surface area contributed by atoms with Crippen LogP contribution in [0.2, 0.25) is 0 Å². The summed E-state index contributed by atoms with van der Waals surface area (Å²) in [4.78, 5) is 0. The Hall–Kier alpha value is -0.560. The van der Waals surface area contributed by atoms with Crippen molar-refractivity contribution in [2.45, 2.75) is 198 Å². The molecule has 0 aromatic carbocycles. The maximum atomic E-state index is 12.2. The van der Waals surface area contributed by atoms with Gasteiger partial charge in [-0.3, -0.25) is 0 Å². The van der Waals surface area contributed by atoms with Crippen LogP contribution in [-0.4, -0.2) is 151 Å². The van der Waals surface area contributed by atoms with E-state index in [9.17, 15) is 46.0 Å². The molecule has 3 saturated heterocycles. The smallest absolute Gasteiger partial charge is 0.187 e. The fourth-order valence-electron chi connectivity index (χ4n) is 15.1. The Labute approximate surface area is 330 Å².